The van der Waals surface area contributed by atoms with Gasteiger partial charge in [-0.15, -0.1) is 0 Å². The van der Waals surface area contributed by atoms with Crippen LogP contribution < -0.4 is 5.32 Å². The molecule has 2 aliphatic rings. The van der Waals surface area contributed by atoms with Gasteiger partial charge < -0.3 is 10.1 Å². The van der Waals surface area contributed by atoms with E-state index in [9.17, 15) is 4.79 Å². The first-order valence-electron chi connectivity index (χ1n) is 4.86. The Hall–Kier alpha value is -0.610. The molecule has 0 aromatic carbocycles. The molecule has 2 bridgehead atoms. The summed E-state index contributed by atoms with van der Waals surface area (Å²) < 4.78 is 5.69. The van der Waals surface area contributed by atoms with E-state index in [0.29, 0.717) is 18.8 Å². The summed E-state index contributed by atoms with van der Waals surface area (Å²) in [4.78, 5) is 12.3. The van der Waals surface area contributed by atoms with Gasteiger partial charge in [-0.3, -0.25) is 9.69 Å². The van der Waals surface area contributed by atoms with Crippen LogP contribution in [-0.2, 0) is 9.53 Å². The van der Waals surface area contributed by atoms with Crippen molar-refractivity contribution in [1.29, 1.82) is 0 Å². The molecule has 4 nitrogen and oxygen atoms in total. The van der Waals surface area contributed by atoms with Crippen molar-refractivity contribution in [3.05, 3.63) is 0 Å². The monoisotopic (exact) mass is 183 g/mol. The van der Waals surface area contributed by atoms with Crippen molar-refractivity contribution in [2.75, 3.05) is 26.2 Å². The molecule has 0 spiro atoms. The Morgan fingerprint density at radius 3 is 2.69 bits per heavy atom. The zero-order chi connectivity index (χ0) is 9.10. The Balaban J connectivity index is 1.72. The molecule has 1 amide bonds. The minimum Gasteiger partial charge on any atom is -0.372 e. The Bertz CT molecular complexity index is 174. The molecular formula is C9H15N2O2. The highest BCUT2D eigenvalue weighted by molar-refractivity contribution is 5.46. The third kappa shape index (κ3) is 2.19. The highest BCUT2D eigenvalue weighted by Gasteiger charge is 2.33. The zero-order valence-corrected chi connectivity index (χ0v) is 7.66. The van der Waals surface area contributed by atoms with Crippen molar-refractivity contribution >= 4 is 6.41 Å². The van der Waals surface area contributed by atoms with Crippen LogP contribution in [0.1, 0.15) is 12.8 Å². The molecule has 0 aromatic heterocycles. The SMILES string of the molecule is O=[C]NCCN1CC2CCC(C1)O2. The summed E-state index contributed by atoms with van der Waals surface area (Å²) in [7, 11) is 0. The van der Waals surface area contributed by atoms with E-state index in [1.807, 2.05) is 0 Å². The first-order valence-corrected chi connectivity index (χ1v) is 4.86. The van der Waals surface area contributed by atoms with Gasteiger partial charge in [-0.1, -0.05) is 0 Å². The Kier molecular flexibility index (Phi) is 2.80. The molecule has 4 heteroatoms. The lowest BCUT2D eigenvalue weighted by atomic mass is 10.2. The van der Waals surface area contributed by atoms with E-state index >= 15 is 0 Å². The molecule has 2 rings (SSSR count). The summed E-state index contributed by atoms with van der Waals surface area (Å²) >= 11 is 0. The summed E-state index contributed by atoms with van der Waals surface area (Å²) in [5.41, 5.74) is 0. The quantitative estimate of drug-likeness (QED) is 0.472. The van der Waals surface area contributed by atoms with Gasteiger partial charge in [0.25, 0.3) is 0 Å². The van der Waals surface area contributed by atoms with Crippen molar-refractivity contribution in [1.82, 2.24) is 10.2 Å². The molecule has 0 aromatic rings. The smallest absolute Gasteiger partial charge is 0.309 e. The number of hydrogen-bond acceptors (Lipinski definition) is 3. The van der Waals surface area contributed by atoms with Crippen LogP contribution in [0.3, 0.4) is 0 Å². The van der Waals surface area contributed by atoms with Gasteiger partial charge in [-0.25, -0.2) is 0 Å². The third-order valence-corrected chi connectivity index (χ3v) is 2.74. The molecule has 1 radical (unpaired) electrons. The standard InChI is InChI=1S/C9H15N2O2/c12-7-10-3-4-11-5-8-1-2-9(6-11)13-8/h8-9H,1-6H2,(H,10,12). The maximum atomic E-state index is 9.91. The van der Waals surface area contributed by atoms with Crippen LogP contribution in [0.2, 0.25) is 0 Å². The summed E-state index contributed by atoms with van der Waals surface area (Å²) in [6.45, 7) is 3.67. The Morgan fingerprint density at radius 1 is 1.38 bits per heavy atom. The average molecular weight is 183 g/mol. The molecule has 2 unspecified atom stereocenters. The number of ether oxygens (including phenoxy) is 1. The van der Waals surface area contributed by atoms with Crippen molar-refractivity contribution in [3.8, 4) is 0 Å². The number of fused-ring (bicyclic) bond motifs is 2. The predicted molar refractivity (Wildman–Crippen MR) is 48.0 cm³/mol. The van der Waals surface area contributed by atoms with Crippen LogP contribution in [0.25, 0.3) is 0 Å². The summed E-state index contributed by atoms with van der Waals surface area (Å²) in [5, 5.41) is 2.56. The van der Waals surface area contributed by atoms with Gasteiger partial charge in [0.05, 0.1) is 12.2 Å². The van der Waals surface area contributed by atoms with Gasteiger partial charge in [-0.2, -0.15) is 0 Å². The lowest BCUT2D eigenvalue weighted by molar-refractivity contribution is -0.0373. The fourth-order valence-corrected chi connectivity index (χ4v) is 2.15. The number of carbonyl (C=O) groups excluding carboxylic acids is 1. The fourth-order valence-electron chi connectivity index (χ4n) is 2.15. The number of hydrogen-bond donors (Lipinski definition) is 1. The lowest BCUT2D eigenvalue weighted by Crippen LogP contribution is -2.45. The third-order valence-electron chi connectivity index (χ3n) is 2.74. The van der Waals surface area contributed by atoms with Gasteiger partial charge in [0.15, 0.2) is 0 Å². The molecule has 13 heavy (non-hydrogen) atoms. The van der Waals surface area contributed by atoms with Crippen molar-refractivity contribution in [3.63, 3.8) is 0 Å². The summed E-state index contributed by atoms with van der Waals surface area (Å²) in [6.07, 6.45) is 4.98. The molecule has 0 saturated carbocycles. The van der Waals surface area contributed by atoms with Crippen molar-refractivity contribution in [2.24, 2.45) is 0 Å². The van der Waals surface area contributed by atoms with Crippen LogP contribution in [0, 0.1) is 0 Å². The summed E-state index contributed by atoms with van der Waals surface area (Å²) in [6, 6.07) is 0. The molecule has 0 aliphatic carbocycles. The second-order valence-electron chi connectivity index (χ2n) is 3.75. The van der Waals surface area contributed by atoms with Crippen molar-refractivity contribution in [2.45, 2.75) is 25.0 Å². The molecule has 73 valence electrons. The highest BCUT2D eigenvalue weighted by Crippen LogP contribution is 2.25. The number of morpholine rings is 1. The molecule has 2 saturated heterocycles. The topological polar surface area (TPSA) is 41.6 Å². The van der Waals surface area contributed by atoms with E-state index in [1.54, 1.807) is 6.41 Å². The number of nitrogens with zero attached hydrogens (tertiary/aromatic N) is 1. The van der Waals surface area contributed by atoms with E-state index in [-0.39, 0.29) is 0 Å². The first-order chi connectivity index (χ1) is 6.38. The maximum absolute atomic E-state index is 9.91. The fraction of sp³-hybridized carbons (Fsp3) is 0.889. The average Bonchev–Trinajstić information content (AvgIpc) is 2.46. The summed E-state index contributed by atoms with van der Waals surface area (Å²) in [5.74, 6) is 0. The second kappa shape index (κ2) is 4.07. The van der Waals surface area contributed by atoms with E-state index in [4.69, 9.17) is 4.74 Å². The number of rotatable bonds is 4. The second-order valence-corrected chi connectivity index (χ2v) is 3.75. The van der Waals surface area contributed by atoms with Gasteiger partial charge in [0, 0.05) is 26.2 Å². The number of likely N-dealkylation sites (tertiary alicyclic amines) is 1. The van der Waals surface area contributed by atoms with Gasteiger partial charge >= 0.3 is 6.41 Å². The van der Waals surface area contributed by atoms with Crippen LogP contribution in [-0.4, -0.2) is 49.7 Å². The molecule has 1 N–H and O–H groups in total. The van der Waals surface area contributed by atoms with Crippen LogP contribution in [0.4, 0.5) is 0 Å². The lowest BCUT2D eigenvalue weighted by Gasteiger charge is -2.31. The molecular weight excluding hydrogens is 168 g/mol. The zero-order valence-electron chi connectivity index (χ0n) is 7.66. The predicted octanol–water partition coefficient (Wildman–Crippen LogP) is -0.494. The van der Waals surface area contributed by atoms with Gasteiger partial charge in [0.2, 0.25) is 0 Å². The van der Waals surface area contributed by atoms with E-state index in [0.717, 1.165) is 19.6 Å². The Morgan fingerprint density at radius 2 is 2.08 bits per heavy atom. The largest absolute Gasteiger partial charge is 0.372 e. The van der Waals surface area contributed by atoms with Gasteiger partial charge in [-0.05, 0) is 12.8 Å². The molecule has 2 fully saturated rings. The molecule has 2 aliphatic heterocycles. The van der Waals surface area contributed by atoms with E-state index in [1.165, 1.54) is 12.8 Å². The van der Waals surface area contributed by atoms with Gasteiger partial charge in [0.1, 0.15) is 0 Å². The number of amides is 1. The normalized spacial score (nSPS) is 33.2. The minimum atomic E-state index is 0.443. The molecule has 2 atom stereocenters. The highest BCUT2D eigenvalue weighted by atomic mass is 16.5. The van der Waals surface area contributed by atoms with Crippen molar-refractivity contribution < 1.29 is 9.53 Å². The molecule has 2 heterocycles. The minimum absolute atomic E-state index is 0.443. The maximum Gasteiger partial charge on any atom is 0.309 e. The van der Waals surface area contributed by atoms with Crippen LogP contribution in [0.15, 0.2) is 0 Å². The number of nitrogens with one attached hydrogen (secondary N) is 1. The van der Waals surface area contributed by atoms with E-state index in [2.05, 4.69) is 10.2 Å². The van der Waals surface area contributed by atoms with E-state index < -0.39 is 0 Å². The van der Waals surface area contributed by atoms with Crippen LogP contribution in [0.5, 0.6) is 0 Å². The Labute approximate surface area is 78.2 Å². The van der Waals surface area contributed by atoms with Crippen LogP contribution >= 0.6 is 0 Å². The first kappa shape index (κ1) is 8.97.